The SMILES string of the molecule is COCC1CCN(c2c(CNC3CC3)c(C)nn2C)C1. The molecule has 0 amide bonds. The normalized spacial score (nSPS) is 22.8. The predicted octanol–water partition coefficient (Wildman–Crippen LogP) is 1.45. The van der Waals surface area contributed by atoms with Gasteiger partial charge >= 0.3 is 0 Å². The van der Waals surface area contributed by atoms with Crippen LogP contribution in [0.3, 0.4) is 0 Å². The van der Waals surface area contributed by atoms with Gasteiger partial charge in [-0.15, -0.1) is 0 Å². The Balaban J connectivity index is 1.73. The van der Waals surface area contributed by atoms with Gasteiger partial charge in [0, 0.05) is 51.3 Å². The summed E-state index contributed by atoms with van der Waals surface area (Å²) in [6.45, 7) is 6.14. The zero-order valence-electron chi connectivity index (χ0n) is 12.9. The number of hydrogen-bond acceptors (Lipinski definition) is 4. The fourth-order valence-electron chi connectivity index (χ4n) is 3.22. The maximum atomic E-state index is 5.30. The zero-order chi connectivity index (χ0) is 14.1. The smallest absolute Gasteiger partial charge is 0.131 e. The predicted molar refractivity (Wildman–Crippen MR) is 80.0 cm³/mol. The lowest BCUT2D eigenvalue weighted by Crippen LogP contribution is -2.26. The minimum Gasteiger partial charge on any atom is -0.384 e. The van der Waals surface area contributed by atoms with Crippen LogP contribution >= 0.6 is 0 Å². The van der Waals surface area contributed by atoms with Gasteiger partial charge in [-0.2, -0.15) is 5.10 Å². The number of anilines is 1. The van der Waals surface area contributed by atoms with Gasteiger partial charge in [0.05, 0.1) is 12.3 Å². The third-order valence-corrected chi connectivity index (χ3v) is 4.45. The van der Waals surface area contributed by atoms with Crippen molar-refractivity contribution in [3.8, 4) is 0 Å². The van der Waals surface area contributed by atoms with Crippen molar-refractivity contribution >= 4 is 5.82 Å². The molecule has 2 heterocycles. The summed E-state index contributed by atoms with van der Waals surface area (Å²) >= 11 is 0. The van der Waals surface area contributed by atoms with E-state index in [9.17, 15) is 0 Å². The summed E-state index contributed by atoms with van der Waals surface area (Å²) in [6.07, 6.45) is 3.87. The average molecular weight is 278 g/mol. The minimum atomic E-state index is 0.652. The standard InChI is InChI=1S/C15H26N4O/c1-11-14(8-16-13-4-5-13)15(18(2)17-11)19-7-6-12(9-19)10-20-3/h12-13,16H,4-10H2,1-3H3. The molecule has 1 aromatic rings. The van der Waals surface area contributed by atoms with Crippen LogP contribution in [0.5, 0.6) is 0 Å². The van der Waals surface area contributed by atoms with Gasteiger partial charge in [-0.1, -0.05) is 0 Å². The third kappa shape index (κ3) is 2.83. The highest BCUT2D eigenvalue weighted by molar-refractivity contribution is 5.51. The summed E-state index contributed by atoms with van der Waals surface area (Å²) in [5.74, 6) is 1.95. The molecule has 20 heavy (non-hydrogen) atoms. The highest BCUT2D eigenvalue weighted by Crippen LogP contribution is 2.29. The molecule has 3 rings (SSSR count). The number of rotatable bonds is 6. The number of aryl methyl sites for hydroxylation is 2. The Morgan fingerprint density at radius 2 is 2.15 bits per heavy atom. The average Bonchev–Trinajstić information content (AvgIpc) is 3.05. The molecule has 1 aromatic heterocycles. The van der Waals surface area contributed by atoms with Gasteiger partial charge in [0.15, 0.2) is 0 Å². The zero-order valence-corrected chi connectivity index (χ0v) is 12.9. The second-order valence-corrected chi connectivity index (χ2v) is 6.22. The molecule has 1 unspecified atom stereocenters. The minimum absolute atomic E-state index is 0.652. The molecular formula is C15H26N4O. The Morgan fingerprint density at radius 3 is 2.85 bits per heavy atom. The summed E-state index contributed by atoms with van der Waals surface area (Å²) in [4.78, 5) is 2.48. The monoisotopic (exact) mass is 278 g/mol. The molecule has 1 N–H and O–H groups in total. The summed E-state index contributed by atoms with van der Waals surface area (Å²) in [5, 5.41) is 8.25. The fraction of sp³-hybridized carbons (Fsp3) is 0.800. The molecule has 1 saturated carbocycles. The van der Waals surface area contributed by atoms with E-state index >= 15 is 0 Å². The van der Waals surface area contributed by atoms with E-state index in [4.69, 9.17) is 4.74 Å². The van der Waals surface area contributed by atoms with E-state index in [1.807, 2.05) is 0 Å². The van der Waals surface area contributed by atoms with Crippen molar-refractivity contribution in [2.75, 3.05) is 31.7 Å². The van der Waals surface area contributed by atoms with Crippen LogP contribution in [0.1, 0.15) is 30.5 Å². The van der Waals surface area contributed by atoms with Crippen LogP contribution in [0.25, 0.3) is 0 Å². The van der Waals surface area contributed by atoms with Crippen LogP contribution in [0.4, 0.5) is 5.82 Å². The lowest BCUT2D eigenvalue weighted by atomic mass is 10.1. The molecule has 2 fully saturated rings. The summed E-state index contributed by atoms with van der Waals surface area (Å²) in [7, 11) is 3.86. The molecule has 1 saturated heterocycles. The van der Waals surface area contributed by atoms with Crippen molar-refractivity contribution < 1.29 is 4.74 Å². The van der Waals surface area contributed by atoms with Gasteiger partial charge in [0.25, 0.3) is 0 Å². The summed E-state index contributed by atoms with van der Waals surface area (Å²) in [5.41, 5.74) is 2.53. The number of methoxy groups -OCH3 is 1. The van der Waals surface area contributed by atoms with Gasteiger partial charge in [0.2, 0.25) is 0 Å². The van der Waals surface area contributed by atoms with Crippen molar-refractivity contribution in [1.82, 2.24) is 15.1 Å². The Kier molecular flexibility index (Phi) is 3.98. The van der Waals surface area contributed by atoms with Crippen molar-refractivity contribution in [3.63, 3.8) is 0 Å². The van der Waals surface area contributed by atoms with Crippen molar-refractivity contribution in [2.24, 2.45) is 13.0 Å². The first kappa shape index (κ1) is 13.9. The van der Waals surface area contributed by atoms with Gasteiger partial charge < -0.3 is 15.0 Å². The van der Waals surface area contributed by atoms with E-state index in [2.05, 4.69) is 34.0 Å². The van der Waals surface area contributed by atoms with Gasteiger partial charge in [-0.25, -0.2) is 0 Å². The van der Waals surface area contributed by atoms with E-state index in [0.717, 1.165) is 38.0 Å². The van der Waals surface area contributed by atoms with E-state index in [1.54, 1.807) is 7.11 Å². The highest BCUT2D eigenvalue weighted by atomic mass is 16.5. The maximum Gasteiger partial charge on any atom is 0.131 e. The molecule has 2 aliphatic rings. The van der Waals surface area contributed by atoms with Crippen LogP contribution in [0.15, 0.2) is 0 Å². The van der Waals surface area contributed by atoms with E-state index in [-0.39, 0.29) is 0 Å². The fourth-order valence-corrected chi connectivity index (χ4v) is 3.22. The van der Waals surface area contributed by atoms with E-state index in [0.29, 0.717) is 5.92 Å². The molecule has 0 radical (unpaired) electrons. The Labute approximate surface area is 121 Å². The number of hydrogen-bond donors (Lipinski definition) is 1. The third-order valence-electron chi connectivity index (χ3n) is 4.45. The van der Waals surface area contributed by atoms with Crippen LogP contribution in [-0.2, 0) is 18.3 Å². The number of aromatic nitrogens is 2. The first-order chi connectivity index (χ1) is 9.69. The highest BCUT2D eigenvalue weighted by Gasteiger charge is 2.28. The molecular weight excluding hydrogens is 252 g/mol. The molecule has 5 nitrogen and oxygen atoms in total. The number of nitrogens with zero attached hydrogens (tertiary/aromatic N) is 3. The first-order valence-corrected chi connectivity index (χ1v) is 7.68. The number of nitrogens with one attached hydrogen (secondary N) is 1. The Morgan fingerprint density at radius 1 is 1.35 bits per heavy atom. The summed E-state index contributed by atoms with van der Waals surface area (Å²) < 4.78 is 7.35. The lowest BCUT2D eigenvalue weighted by Gasteiger charge is -2.21. The van der Waals surface area contributed by atoms with E-state index in [1.165, 1.54) is 30.6 Å². The molecule has 1 aliphatic heterocycles. The topological polar surface area (TPSA) is 42.3 Å². The van der Waals surface area contributed by atoms with Gasteiger partial charge in [-0.05, 0) is 26.2 Å². The quantitative estimate of drug-likeness (QED) is 0.855. The molecule has 1 aliphatic carbocycles. The Bertz CT molecular complexity index is 467. The van der Waals surface area contributed by atoms with Crippen molar-refractivity contribution in [1.29, 1.82) is 0 Å². The molecule has 0 aromatic carbocycles. The van der Waals surface area contributed by atoms with Crippen molar-refractivity contribution in [2.45, 2.75) is 38.8 Å². The second kappa shape index (κ2) is 5.74. The summed E-state index contributed by atoms with van der Waals surface area (Å²) in [6, 6.07) is 0.738. The van der Waals surface area contributed by atoms with Crippen molar-refractivity contribution in [3.05, 3.63) is 11.3 Å². The molecule has 0 bridgehead atoms. The Hall–Kier alpha value is -1.07. The second-order valence-electron chi connectivity index (χ2n) is 6.22. The molecule has 0 spiro atoms. The number of ether oxygens (including phenoxy) is 1. The molecule has 5 heteroatoms. The van der Waals surface area contributed by atoms with Crippen LogP contribution in [-0.4, -0.2) is 42.6 Å². The van der Waals surface area contributed by atoms with Gasteiger partial charge in [0.1, 0.15) is 5.82 Å². The van der Waals surface area contributed by atoms with Crippen LogP contribution in [0.2, 0.25) is 0 Å². The molecule has 112 valence electrons. The molecule has 1 atom stereocenters. The van der Waals surface area contributed by atoms with Crippen LogP contribution in [0, 0.1) is 12.8 Å². The first-order valence-electron chi connectivity index (χ1n) is 7.68. The maximum absolute atomic E-state index is 5.30. The van der Waals surface area contributed by atoms with Crippen LogP contribution < -0.4 is 10.2 Å². The lowest BCUT2D eigenvalue weighted by molar-refractivity contribution is 0.161. The largest absolute Gasteiger partial charge is 0.384 e. The van der Waals surface area contributed by atoms with E-state index < -0.39 is 0 Å². The van der Waals surface area contributed by atoms with Gasteiger partial charge in [-0.3, -0.25) is 4.68 Å².